The Morgan fingerprint density at radius 3 is 2.00 bits per heavy atom. The molecular weight excluding hydrogens is 232 g/mol. The van der Waals surface area contributed by atoms with Gasteiger partial charge in [-0.15, -0.1) is 0 Å². The molecule has 2 rings (SSSR count). The smallest absolute Gasteiger partial charge is 0.126 e. The van der Waals surface area contributed by atoms with Crippen molar-refractivity contribution in [3.8, 4) is 5.75 Å². The second-order valence-corrected chi connectivity index (χ2v) is 8.57. The van der Waals surface area contributed by atoms with Gasteiger partial charge in [-0.05, 0) is 16.4 Å². The van der Waals surface area contributed by atoms with Crippen LogP contribution in [0.25, 0.3) is 0 Å². The van der Waals surface area contributed by atoms with Crippen LogP contribution in [-0.2, 0) is 16.2 Å². The lowest BCUT2D eigenvalue weighted by Crippen LogP contribution is -2.20. The van der Waals surface area contributed by atoms with Crippen LogP contribution < -0.4 is 4.74 Å². The van der Waals surface area contributed by atoms with Gasteiger partial charge in [-0.25, -0.2) is 0 Å². The Morgan fingerprint density at radius 1 is 0.947 bits per heavy atom. The first-order valence-electron chi connectivity index (χ1n) is 7.25. The predicted molar refractivity (Wildman–Crippen MR) is 82.4 cm³/mol. The molecule has 0 spiro atoms. The van der Waals surface area contributed by atoms with E-state index < -0.39 is 0 Å². The van der Waals surface area contributed by atoms with E-state index >= 15 is 0 Å². The van der Waals surface area contributed by atoms with E-state index in [0.717, 1.165) is 12.4 Å². The molecule has 1 aromatic rings. The fraction of sp³-hybridized carbons (Fsp3) is 0.667. The van der Waals surface area contributed by atoms with Gasteiger partial charge in [-0.1, -0.05) is 67.5 Å². The predicted octanol–water partition coefficient (Wildman–Crippen LogP) is 4.95. The maximum atomic E-state index is 6.04. The lowest BCUT2D eigenvalue weighted by molar-refractivity contribution is 0.286. The third-order valence-corrected chi connectivity index (χ3v) is 4.07. The first kappa shape index (κ1) is 14.4. The van der Waals surface area contributed by atoms with E-state index in [1.54, 1.807) is 0 Å². The zero-order chi connectivity index (χ0) is 14.6. The normalized spacial score (nSPS) is 18.1. The molecule has 1 nitrogen and oxygen atoms in total. The fourth-order valence-corrected chi connectivity index (χ4v) is 2.61. The molecule has 0 aliphatic carbocycles. The summed E-state index contributed by atoms with van der Waals surface area (Å²) < 4.78 is 6.04. The number of benzene rings is 1. The molecule has 0 atom stereocenters. The summed E-state index contributed by atoms with van der Waals surface area (Å²) in [5, 5.41) is 0. The lowest BCUT2D eigenvalue weighted by atomic mass is 9.75. The summed E-state index contributed by atoms with van der Waals surface area (Å²) in [5.74, 6) is 1.13. The van der Waals surface area contributed by atoms with Crippen molar-refractivity contribution >= 4 is 0 Å². The Hall–Kier alpha value is -0.980. The first-order valence-corrected chi connectivity index (χ1v) is 7.25. The number of fused-ring (bicyclic) bond motifs is 1. The number of hydrogen-bond donors (Lipinski definition) is 0. The summed E-state index contributed by atoms with van der Waals surface area (Å²) in [6.45, 7) is 19.0. The summed E-state index contributed by atoms with van der Waals surface area (Å²) in [6, 6.07) is 4.71. The van der Waals surface area contributed by atoms with Crippen LogP contribution in [0.4, 0.5) is 0 Å². The Balaban J connectivity index is 2.73. The van der Waals surface area contributed by atoms with Gasteiger partial charge in [-0.3, -0.25) is 0 Å². The van der Waals surface area contributed by atoms with E-state index in [2.05, 4.69) is 67.5 Å². The Kier molecular flexibility index (Phi) is 3.04. The van der Waals surface area contributed by atoms with Crippen LogP contribution in [0.3, 0.4) is 0 Å². The zero-order valence-electron chi connectivity index (χ0n) is 13.8. The molecule has 0 saturated carbocycles. The second kappa shape index (κ2) is 4.01. The largest absolute Gasteiger partial charge is 0.492 e. The molecule has 0 saturated heterocycles. The van der Waals surface area contributed by atoms with E-state index in [1.807, 2.05) is 0 Å². The molecule has 0 N–H and O–H groups in total. The van der Waals surface area contributed by atoms with Gasteiger partial charge in [0.2, 0.25) is 0 Å². The van der Waals surface area contributed by atoms with Gasteiger partial charge in [0.25, 0.3) is 0 Å². The van der Waals surface area contributed by atoms with Crippen LogP contribution >= 0.6 is 0 Å². The van der Waals surface area contributed by atoms with Crippen LogP contribution in [-0.4, -0.2) is 6.61 Å². The van der Waals surface area contributed by atoms with Gasteiger partial charge >= 0.3 is 0 Å². The van der Waals surface area contributed by atoms with Gasteiger partial charge in [0.05, 0.1) is 6.61 Å². The van der Waals surface area contributed by atoms with Crippen molar-refractivity contribution in [1.82, 2.24) is 0 Å². The van der Waals surface area contributed by atoms with Crippen LogP contribution in [0.5, 0.6) is 5.75 Å². The first-order chi connectivity index (χ1) is 8.43. The lowest BCUT2D eigenvalue weighted by Gasteiger charge is -2.28. The van der Waals surface area contributed by atoms with E-state index in [9.17, 15) is 0 Å². The van der Waals surface area contributed by atoms with Gasteiger partial charge in [0.15, 0.2) is 0 Å². The molecule has 1 aromatic carbocycles. The van der Waals surface area contributed by atoms with Gasteiger partial charge in [0, 0.05) is 16.5 Å². The number of rotatable bonds is 0. The van der Waals surface area contributed by atoms with Crippen LogP contribution in [0, 0.1) is 0 Å². The average molecular weight is 260 g/mol. The standard InChI is InChI=1S/C18H28O/c1-16(2,3)12-9-13(17(4,5)6)15-14(10-12)18(7,8)11-19-15/h9-10H,11H2,1-8H3. The molecule has 1 heteroatoms. The molecule has 0 amide bonds. The summed E-state index contributed by atoms with van der Waals surface area (Å²) in [5.41, 5.74) is 4.55. The minimum atomic E-state index is 0.117. The van der Waals surface area contributed by atoms with Gasteiger partial charge in [-0.2, -0.15) is 0 Å². The van der Waals surface area contributed by atoms with E-state index in [0.29, 0.717) is 0 Å². The molecule has 0 fully saturated rings. The van der Waals surface area contributed by atoms with Crippen molar-refractivity contribution in [2.24, 2.45) is 0 Å². The molecular formula is C18H28O. The Morgan fingerprint density at radius 2 is 1.53 bits per heavy atom. The summed E-state index contributed by atoms with van der Waals surface area (Å²) in [7, 11) is 0. The Bertz CT molecular complexity index is 496. The minimum Gasteiger partial charge on any atom is -0.492 e. The van der Waals surface area contributed by atoms with Crippen molar-refractivity contribution < 1.29 is 4.74 Å². The van der Waals surface area contributed by atoms with Gasteiger partial charge < -0.3 is 4.74 Å². The van der Waals surface area contributed by atoms with E-state index in [4.69, 9.17) is 4.74 Å². The number of hydrogen-bond acceptors (Lipinski definition) is 1. The number of ether oxygens (including phenoxy) is 1. The van der Waals surface area contributed by atoms with Crippen LogP contribution in [0.1, 0.15) is 72.1 Å². The van der Waals surface area contributed by atoms with Crippen LogP contribution in [0.2, 0.25) is 0 Å². The maximum absolute atomic E-state index is 6.04. The SMILES string of the molecule is CC(C)(C)c1cc(C(C)(C)C)c2c(c1)C(C)(C)CO2. The molecule has 1 aliphatic rings. The van der Waals surface area contributed by atoms with E-state index in [1.165, 1.54) is 16.7 Å². The highest BCUT2D eigenvalue weighted by atomic mass is 16.5. The average Bonchev–Trinajstić information content (AvgIpc) is 2.51. The van der Waals surface area contributed by atoms with Crippen molar-refractivity contribution in [2.75, 3.05) is 6.61 Å². The summed E-state index contributed by atoms with van der Waals surface area (Å²) in [6.07, 6.45) is 0. The van der Waals surface area contributed by atoms with Crippen molar-refractivity contribution in [3.05, 3.63) is 28.8 Å². The molecule has 0 unspecified atom stereocenters. The highest BCUT2D eigenvalue weighted by molar-refractivity contribution is 5.54. The minimum absolute atomic E-state index is 0.117. The molecule has 19 heavy (non-hydrogen) atoms. The van der Waals surface area contributed by atoms with Crippen molar-refractivity contribution in [3.63, 3.8) is 0 Å². The monoisotopic (exact) mass is 260 g/mol. The van der Waals surface area contributed by atoms with Crippen LogP contribution in [0.15, 0.2) is 12.1 Å². The maximum Gasteiger partial charge on any atom is 0.126 e. The highest BCUT2D eigenvalue weighted by Crippen LogP contribution is 2.46. The van der Waals surface area contributed by atoms with E-state index in [-0.39, 0.29) is 16.2 Å². The fourth-order valence-electron chi connectivity index (χ4n) is 2.61. The summed E-state index contributed by atoms with van der Waals surface area (Å²) in [4.78, 5) is 0. The molecule has 106 valence electrons. The molecule has 1 aliphatic heterocycles. The topological polar surface area (TPSA) is 9.23 Å². The Labute approximate surface area is 118 Å². The molecule has 1 heterocycles. The highest BCUT2D eigenvalue weighted by Gasteiger charge is 2.37. The van der Waals surface area contributed by atoms with Gasteiger partial charge in [0.1, 0.15) is 5.75 Å². The third kappa shape index (κ3) is 2.52. The second-order valence-electron chi connectivity index (χ2n) is 8.57. The zero-order valence-corrected chi connectivity index (χ0v) is 13.8. The third-order valence-electron chi connectivity index (χ3n) is 4.07. The summed E-state index contributed by atoms with van der Waals surface area (Å²) >= 11 is 0. The molecule has 0 radical (unpaired) electrons. The van der Waals surface area contributed by atoms with Crippen molar-refractivity contribution in [1.29, 1.82) is 0 Å². The van der Waals surface area contributed by atoms with Crippen molar-refractivity contribution in [2.45, 2.75) is 71.6 Å². The molecule has 0 aromatic heterocycles. The molecule has 0 bridgehead atoms. The quantitative estimate of drug-likeness (QED) is 0.641.